The number of likely N-dealkylation sites (tertiary alicyclic amines) is 1. The Morgan fingerprint density at radius 2 is 1.68 bits per heavy atom. The molecule has 2 saturated heterocycles. The Balaban J connectivity index is 0.000000559. The first-order valence-corrected chi connectivity index (χ1v) is 14.3. The summed E-state index contributed by atoms with van der Waals surface area (Å²) in [6.45, 7) is 10.5. The van der Waals surface area contributed by atoms with Gasteiger partial charge in [0.2, 0.25) is 0 Å². The molecule has 40 heavy (non-hydrogen) atoms. The third-order valence-electron chi connectivity index (χ3n) is 6.70. The van der Waals surface area contributed by atoms with Crippen molar-refractivity contribution in [3.8, 4) is 0 Å². The summed E-state index contributed by atoms with van der Waals surface area (Å²) in [6.07, 6.45) is -1.63. The molecule has 14 heteroatoms. The second-order valence-electron chi connectivity index (χ2n) is 9.98. The molecule has 220 valence electrons. The van der Waals surface area contributed by atoms with Crippen LogP contribution in [0.5, 0.6) is 0 Å². The summed E-state index contributed by atoms with van der Waals surface area (Å²) in [7, 11) is -3.81. The van der Waals surface area contributed by atoms with Crippen LogP contribution in [0, 0.1) is 19.8 Å². The molecule has 2 aliphatic heterocycles. The van der Waals surface area contributed by atoms with Gasteiger partial charge in [0, 0.05) is 39.3 Å². The number of hydrogen-bond donors (Lipinski definition) is 3. The summed E-state index contributed by atoms with van der Waals surface area (Å²) < 4.78 is 60.5. The minimum Gasteiger partial charge on any atom is -0.475 e. The maximum absolute atomic E-state index is 13.5. The lowest BCUT2D eigenvalue weighted by molar-refractivity contribution is -0.192. The van der Waals surface area contributed by atoms with Crippen LogP contribution in [0.15, 0.2) is 35.4 Å². The number of halogens is 3. The van der Waals surface area contributed by atoms with Crippen molar-refractivity contribution in [3.63, 3.8) is 0 Å². The van der Waals surface area contributed by atoms with Gasteiger partial charge in [0.15, 0.2) is 0 Å². The highest BCUT2D eigenvalue weighted by Crippen LogP contribution is 2.28. The van der Waals surface area contributed by atoms with Crippen LogP contribution in [0.3, 0.4) is 0 Å². The number of carbonyl (C=O) groups excluding carboxylic acids is 1. The largest absolute Gasteiger partial charge is 0.490 e. The Hall–Kier alpha value is -3.39. The Bertz CT molecular complexity index is 1320. The van der Waals surface area contributed by atoms with Crippen LogP contribution in [0.2, 0.25) is 0 Å². The molecule has 0 spiro atoms. The highest BCUT2D eigenvalue weighted by Gasteiger charge is 2.38. The molecule has 10 nitrogen and oxygen atoms in total. The predicted molar refractivity (Wildman–Crippen MR) is 144 cm³/mol. The van der Waals surface area contributed by atoms with E-state index in [-0.39, 0.29) is 10.8 Å². The predicted octanol–water partition coefficient (Wildman–Crippen LogP) is 3.41. The molecule has 1 aromatic heterocycles. The normalized spacial score (nSPS) is 16.6. The fourth-order valence-electron chi connectivity index (χ4n) is 4.49. The van der Waals surface area contributed by atoms with Crippen LogP contribution < -0.4 is 14.9 Å². The summed E-state index contributed by atoms with van der Waals surface area (Å²) in [5.41, 5.74) is 2.42. The lowest BCUT2D eigenvalue weighted by Crippen LogP contribution is -2.45. The summed E-state index contributed by atoms with van der Waals surface area (Å²) in [5, 5.41) is 10.4. The zero-order valence-corrected chi connectivity index (χ0v) is 23.4. The van der Waals surface area contributed by atoms with Gasteiger partial charge in [0.25, 0.3) is 15.9 Å². The summed E-state index contributed by atoms with van der Waals surface area (Å²) in [4.78, 5) is 31.2. The fourth-order valence-corrected chi connectivity index (χ4v) is 5.75. The van der Waals surface area contributed by atoms with Crippen molar-refractivity contribution in [2.75, 3.05) is 48.9 Å². The van der Waals surface area contributed by atoms with Gasteiger partial charge in [-0.15, -0.1) is 0 Å². The lowest BCUT2D eigenvalue weighted by atomic mass is 9.98. The van der Waals surface area contributed by atoms with Crippen LogP contribution >= 0.6 is 0 Å². The molecule has 0 radical (unpaired) electrons. The molecule has 4 rings (SSSR count). The SMILES string of the molecule is Cc1ccc(S(=O)(=O)Nc2cnc(N3CCNCC3)c(C(=O)N3CCC(C)CC3)c2)c(C)c1.O=C(O)C(F)(F)F. The molecule has 3 N–H and O–H groups in total. The number of benzene rings is 1. The highest BCUT2D eigenvalue weighted by atomic mass is 32.2. The fraction of sp³-hybridized carbons (Fsp3) is 0.500. The number of nitrogens with one attached hydrogen (secondary N) is 2. The number of carboxylic acid groups (broad SMARTS) is 1. The van der Waals surface area contributed by atoms with Gasteiger partial charge in [-0.05, 0) is 50.3 Å². The average molecular weight is 586 g/mol. The topological polar surface area (TPSA) is 132 Å². The van der Waals surface area contributed by atoms with Crippen LogP contribution in [-0.4, -0.2) is 80.7 Å². The Morgan fingerprint density at radius 3 is 2.23 bits per heavy atom. The number of hydrogen-bond acceptors (Lipinski definition) is 7. The number of amides is 1. The number of anilines is 2. The van der Waals surface area contributed by atoms with Crippen molar-refractivity contribution in [3.05, 3.63) is 47.2 Å². The summed E-state index contributed by atoms with van der Waals surface area (Å²) in [5.74, 6) is -1.62. The van der Waals surface area contributed by atoms with E-state index in [1.54, 1.807) is 25.1 Å². The van der Waals surface area contributed by atoms with E-state index in [1.807, 2.05) is 17.9 Å². The van der Waals surface area contributed by atoms with Crippen molar-refractivity contribution < 1.29 is 36.3 Å². The number of piperidine rings is 1. The van der Waals surface area contributed by atoms with E-state index in [4.69, 9.17) is 9.90 Å². The maximum Gasteiger partial charge on any atom is 0.490 e. The molecule has 2 aliphatic rings. The summed E-state index contributed by atoms with van der Waals surface area (Å²) >= 11 is 0. The van der Waals surface area contributed by atoms with Gasteiger partial charge in [-0.3, -0.25) is 9.52 Å². The standard InChI is InChI=1S/C24H33N5O3S.C2HF3O2/c1-17-6-10-29(11-7-17)24(30)21-15-20(16-26-23(21)28-12-8-25-9-13-28)27-33(31,32)22-5-4-18(2)14-19(22)3;3-2(4,5)1(6)7/h4-5,14-17,25,27H,6-13H2,1-3H3;(H,6,7). The lowest BCUT2D eigenvalue weighted by Gasteiger charge is -2.33. The number of carboxylic acids is 1. The first-order valence-electron chi connectivity index (χ1n) is 12.8. The van der Waals surface area contributed by atoms with Crippen LogP contribution in [0.25, 0.3) is 0 Å². The van der Waals surface area contributed by atoms with Crippen LogP contribution in [0.1, 0.15) is 41.3 Å². The van der Waals surface area contributed by atoms with Gasteiger partial charge in [-0.1, -0.05) is 24.6 Å². The van der Waals surface area contributed by atoms with Gasteiger partial charge in [0.05, 0.1) is 22.3 Å². The van der Waals surface area contributed by atoms with Gasteiger partial charge in [-0.2, -0.15) is 13.2 Å². The van der Waals surface area contributed by atoms with E-state index >= 15 is 0 Å². The van der Waals surface area contributed by atoms with Gasteiger partial charge in [0.1, 0.15) is 5.82 Å². The van der Waals surface area contributed by atoms with E-state index in [9.17, 15) is 26.4 Å². The molecule has 0 bridgehead atoms. The average Bonchev–Trinajstić information content (AvgIpc) is 2.88. The zero-order chi connectivity index (χ0) is 29.7. The smallest absolute Gasteiger partial charge is 0.475 e. The minimum atomic E-state index is -5.08. The molecule has 0 saturated carbocycles. The van der Waals surface area contributed by atoms with Gasteiger partial charge >= 0.3 is 12.1 Å². The number of aryl methyl sites for hydroxylation is 2. The van der Waals surface area contributed by atoms with Crippen LogP contribution in [-0.2, 0) is 14.8 Å². The monoisotopic (exact) mass is 585 g/mol. The number of carbonyl (C=O) groups is 2. The minimum absolute atomic E-state index is 0.0875. The Kier molecular flexibility index (Phi) is 10.0. The van der Waals surface area contributed by atoms with E-state index in [0.717, 1.165) is 44.6 Å². The number of pyridine rings is 1. The van der Waals surface area contributed by atoms with Crippen molar-refractivity contribution >= 4 is 33.4 Å². The number of aliphatic carboxylic acids is 1. The summed E-state index contributed by atoms with van der Waals surface area (Å²) in [6, 6.07) is 6.87. The number of piperazine rings is 1. The molecule has 0 unspecified atom stereocenters. The first kappa shape index (κ1) is 31.1. The van der Waals surface area contributed by atoms with E-state index in [0.29, 0.717) is 41.6 Å². The highest BCUT2D eigenvalue weighted by molar-refractivity contribution is 7.92. The molecular formula is C26H34F3N5O5S. The third kappa shape index (κ3) is 8.07. The second-order valence-corrected chi connectivity index (χ2v) is 11.6. The molecule has 2 aromatic rings. The van der Waals surface area contributed by atoms with E-state index in [1.165, 1.54) is 6.20 Å². The molecular weight excluding hydrogens is 551 g/mol. The van der Waals surface area contributed by atoms with Gasteiger partial charge < -0.3 is 20.2 Å². The first-order chi connectivity index (χ1) is 18.7. The quantitative estimate of drug-likeness (QED) is 0.487. The Morgan fingerprint density at radius 1 is 1.07 bits per heavy atom. The molecule has 2 fully saturated rings. The number of nitrogens with zero attached hydrogens (tertiary/aromatic N) is 3. The number of sulfonamides is 1. The molecule has 1 amide bonds. The van der Waals surface area contributed by atoms with E-state index in [2.05, 4.69) is 26.8 Å². The van der Waals surface area contributed by atoms with Crippen molar-refractivity contribution in [2.45, 2.75) is 44.7 Å². The van der Waals surface area contributed by atoms with Gasteiger partial charge in [-0.25, -0.2) is 18.2 Å². The molecule has 3 heterocycles. The Labute approximate surface area is 231 Å². The zero-order valence-electron chi connectivity index (χ0n) is 22.6. The number of aromatic nitrogens is 1. The van der Waals surface area contributed by atoms with Crippen molar-refractivity contribution in [2.24, 2.45) is 5.92 Å². The van der Waals surface area contributed by atoms with E-state index < -0.39 is 22.2 Å². The molecule has 1 aromatic carbocycles. The maximum atomic E-state index is 13.5. The third-order valence-corrected chi connectivity index (χ3v) is 8.24. The van der Waals surface area contributed by atoms with Crippen molar-refractivity contribution in [1.29, 1.82) is 0 Å². The second kappa shape index (κ2) is 12.9. The number of alkyl halides is 3. The van der Waals surface area contributed by atoms with Crippen LogP contribution in [0.4, 0.5) is 24.7 Å². The molecule has 0 aliphatic carbocycles. The van der Waals surface area contributed by atoms with Crippen molar-refractivity contribution in [1.82, 2.24) is 15.2 Å². The molecule has 0 atom stereocenters. The number of rotatable bonds is 5.